The molecule has 1 aromatic carbocycles. The van der Waals surface area contributed by atoms with Gasteiger partial charge in [-0.2, -0.15) is 0 Å². The second-order valence-electron chi connectivity index (χ2n) is 3.69. The highest BCUT2D eigenvalue weighted by atomic mass is 16.5. The van der Waals surface area contributed by atoms with Gasteiger partial charge in [0.1, 0.15) is 5.82 Å². The van der Waals surface area contributed by atoms with Gasteiger partial charge in [-0.25, -0.2) is 4.98 Å². The summed E-state index contributed by atoms with van der Waals surface area (Å²) in [4.78, 5) is 4.03. The van der Waals surface area contributed by atoms with Crippen molar-refractivity contribution in [2.75, 3.05) is 18.2 Å². The van der Waals surface area contributed by atoms with Crippen molar-refractivity contribution < 1.29 is 4.74 Å². The Kier molecular flexibility index (Phi) is 3.57. The maximum atomic E-state index is 5.54. The molecule has 4 heteroatoms. The fraction of sp³-hybridized carbons (Fsp3) is 0.154. The fourth-order valence-corrected chi connectivity index (χ4v) is 1.56. The second-order valence-corrected chi connectivity index (χ2v) is 3.69. The van der Waals surface area contributed by atoms with Crippen LogP contribution in [-0.2, 0) is 11.3 Å². The molecule has 4 nitrogen and oxygen atoms in total. The van der Waals surface area contributed by atoms with Crippen LogP contribution in [0, 0.1) is 0 Å². The Bertz CT molecular complexity index is 482. The monoisotopic (exact) mass is 229 g/mol. The van der Waals surface area contributed by atoms with Gasteiger partial charge in [-0.1, -0.05) is 18.2 Å². The Morgan fingerprint density at radius 3 is 2.76 bits per heavy atom. The van der Waals surface area contributed by atoms with E-state index < -0.39 is 0 Å². The molecule has 0 atom stereocenters. The van der Waals surface area contributed by atoms with Crippen LogP contribution in [-0.4, -0.2) is 12.1 Å². The van der Waals surface area contributed by atoms with Gasteiger partial charge < -0.3 is 15.8 Å². The van der Waals surface area contributed by atoms with Crippen LogP contribution in [0.15, 0.2) is 42.6 Å². The Morgan fingerprint density at radius 2 is 2.06 bits per heavy atom. The lowest BCUT2D eigenvalue weighted by Crippen LogP contribution is -1.98. The topological polar surface area (TPSA) is 60.2 Å². The average Bonchev–Trinajstić information content (AvgIpc) is 2.35. The van der Waals surface area contributed by atoms with Crippen molar-refractivity contribution in [1.29, 1.82) is 0 Å². The zero-order chi connectivity index (χ0) is 12.1. The van der Waals surface area contributed by atoms with Crippen LogP contribution in [0.2, 0.25) is 0 Å². The number of para-hydroxylation sites is 1. The van der Waals surface area contributed by atoms with Crippen LogP contribution in [0.4, 0.5) is 17.2 Å². The first-order chi connectivity index (χ1) is 8.29. The van der Waals surface area contributed by atoms with Gasteiger partial charge in [0.25, 0.3) is 0 Å². The molecule has 3 N–H and O–H groups in total. The third kappa shape index (κ3) is 2.95. The van der Waals surface area contributed by atoms with Gasteiger partial charge in [-0.15, -0.1) is 0 Å². The maximum absolute atomic E-state index is 5.54. The zero-order valence-corrected chi connectivity index (χ0v) is 9.68. The number of anilines is 3. The van der Waals surface area contributed by atoms with Crippen LogP contribution in [0.3, 0.4) is 0 Å². The highest BCUT2D eigenvalue weighted by Crippen LogP contribution is 2.21. The zero-order valence-electron chi connectivity index (χ0n) is 9.68. The van der Waals surface area contributed by atoms with E-state index >= 15 is 0 Å². The van der Waals surface area contributed by atoms with E-state index in [1.165, 1.54) is 0 Å². The summed E-state index contributed by atoms with van der Waals surface area (Å²) in [6, 6.07) is 11.7. The minimum absolute atomic E-state index is 0.515. The van der Waals surface area contributed by atoms with E-state index in [-0.39, 0.29) is 0 Å². The van der Waals surface area contributed by atoms with Gasteiger partial charge in [-0.05, 0) is 18.2 Å². The predicted octanol–water partition coefficient (Wildman–Crippen LogP) is 2.55. The lowest BCUT2D eigenvalue weighted by atomic mass is 10.2. The quantitative estimate of drug-likeness (QED) is 0.845. The van der Waals surface area contributed by atoms with Crippen LogP contribution in [0.1, 0.15) is 5.56 Å². The van der Waals surface area contributed by atoms with Crippen LogP contribution in [0.5, 0.6) is 0 Å². The number of hydrogen-bond acceptors (Lipinski definition) is 4. The summed E-state index contributed by atoms with van der Waals surface area (Å²) in [6.07, 6.45) is 1.71. The Morgan fingerprint density at radius 1 is 1.24 bits per heavy atom. The number of rotatable bonds is 4. The van der Waals surface area contributed by atoms with E-state index in [0.29, 0.717) is 12.4 Å². The molecular weight excluding hydrogens is 214 g/mol. The molecule has 1 heterocycles. The summed E-state index contributed by atoms with van der Waals surface area (Å²) in [5, 5.41) is 3.29. The molecule has 0 aliphatic rings. The molecule has 1 aromatic heterocycles. The molecule has 0 aliphatic carbocycles. The number of ether oxygens (including phenoxy) is 1. The number of nitrogen functional groups attached to an aromatic ring is 1. The van der Waals surface area contributed by atoms with Gasteiger partial charge in [-0.3, -0.25) is 0 Å². The molecule has 2 aromatic rings. The molecule has 2 rings (SSSR count). The molecule has 0 spiro atoms. The fourth-order valence-electron chi connectivity index (χ4n) is 1.56. The van der Waals surface area contributed by atoms with E-state index in [9.17, 15) is 0 Å². The number of aromatic nitrogens is 1. The molecule has 0 radical (unpaired) electrons. The van der Waals surface area contributed by atoms with Gasteiger partial charge in [0.15, 0.2) is 0 Å². The molecule has 0 saturated heterocycles. The summed E-state index contributed by atoms with van der Waals surface area (Å²) in [6.45, 7) is 0.575. The highest BCUT2D eigenvalue weighted by molar-refractivity contribution is 5.63. The number of hydrogen-bond donors (Lipinski definition) is 2. The lowest BCUT2D eigenvalue weighted by Gasteiger charge is -2.11. The third-order valence-corrected chi connectivity index (χ3v) is 2.38. The van der Waals surface area contributed by atoms with Crippen LogP contribution < -0.4 is 11.1 Å². The molecule has 17 heavy (non-hydrogen) atoms. The summed E-state index contributed by atoms with van der Waals surface area (Å²) in [5.41, 5.74) is 8.56. The third-order valence-electron chi connectivity index (χ3n) is 2.38. The van der Waals surface area contributed by atoms with E-state index in [0.717, 1.165) is 16.9 Å². The summed E-state index contributed by atoms with van der Waals surface area (Å²) in [5.74, 6) is 0.515. The Labute approximate surface area is 100 Å². The summed E-state index contributed by atoms with van der Waals surface area (Å²) < 4.78 is 5.15. The van der Waals surface area contributed by atoms with E-state index in [1.54, 1.807) is 19.4 Å². The first kappa shape index (κ1) is 11.4. The van der Waals surface area contributed by atoms with Crippen molar-refractivity contribution in [1.82, 2.24) is 4.98 Å². The number of pyridine rings is 1. The Hall–Kier alpha value is -2.07. The Balaban J connectivity index is 2.20. The van der Waals surface area contributed by atoms with E-state index in [1.807, 2.05) is 30.3 Å². The predicted molar refractivity (Wildman–Crippen MR) is 69.1 cm³/mol. The molecule has 0 fully saturated rings. The van der Waals surface area contributed by atoms with Crippen molar-refractivity contribution in [3.63, 3.8) is 0 Å². The molecule has 88 valence electrons. The molecule has 0 saturated carbocycles. The van der Waals surface area contributed by atoms with Crippen molar-refractivity contribution in [3.8, 4) is 0 Å². The van der Waals surface area contributed by atoms with Gasteiger partial charge >= 0.3 is 0 Å². The number of nitrogens with zero attached hydrogens (tertiary/aromatic N) is 1. The van der Waals surface area contributed by atoms with Crippen molar-refractivity contribution in [2.24, 2.45) is 0 Å². The molecule has 0 unspecified atom stereocenters. The minimum Gasteiger partial charge on any atom is -0.384 e. The lowest BCUT2D eigenvalue weighted by molar-refractivity contribution is 0.185. The maximum Gasteiger partial charge on any atom is 0.123 e. The van der Waals surface area contributed by atoms with Crippen LogP contribution in [0.25, 0.3) is 0 Å². The number of methoxy groups -OCH3 is 1. The van der Waals surface area contributed by atoms with E-state index in [2.05, 4.69) is 10.3 Å². The van der Waals surface area contributed by atoms with Gasteiger partial charge in [0.2, 0.25) is 0 Å². The van der Waals surface area contributed by atoms with Crippen molar-refractivity contribution >= 4 is 17.2 Å². The number of nitrogens with two attached hydrogens (primary N) is 1. The standard InChI is InChI=1S/C13H15N3O/c1-17-9-10-4-2-3-5-12(10)16-11-6-7-13(14)15-8-11/h2-8,16H,9H2,1H3,(H2,14,15). The molecule has 0 amide bonds. The van der Waals surface area contributed by atoms with Crippen molar-refractivity contribution in [3.05, 3.63) is 48.2 Å². The molecule has 0 aliphatic heterocycles. The van der Waals surface area contributed by atoms with Crippen molar-refractivity contribution in [2.45, 2.75) is 6.61 Å². The first-order valence-electron chi connectivity index (χ1n) is 5.35. The minimum atomic E-state index is 0.515. The number of nitrogens with one attached hydrogen (secondary N) is 1. The second kappa shape index (κ2) is 5.32. The number of benzene rings is 1. The first-order valence-corrected chi connectivity index (χ1v) is 5.35. The van der Waals surface area contributed by atoms with Gasteiger partial charge in [0.05, 0.1) is 18.5 Å². The summed E-state index contributed by atoms with van der Waals surface area (Å²) in [7, 11) is 1.68. The average molecular weight is 229 g/mol. The molecular formula is C13H15N3O. The largest absolute Gasteiger partial charge is 0.384 e. The smallest absolute Gasteiger partial charge is 0.123 e. The molecule has 0 bridgehead atoms. The van der Waals surface area contributed by atoms with Crippen LogP contribution >= 0.6 is 0 Å². The summed E-state index contributed by atoms with van der Waals surface area (Å²) >= 11 is 0. The van der Waals surface area contributed by atoms with E-state index in [4.69, 9.17) is 10.5 Å². The highest BCUT2D eigenvalue weighted by Gasteiger charge is 2.01. The SMILES string of the molecule is COCc1ccccc1Nc1ccc(N)nc1. The van der Waals surface area contributed by atoms with Gasteiger partial charge in [0, 0.05) is 18.4 Å². The normalized spacial score (nSPS) is 10.2.